The zero-order valence-corrected chi connectivity index (χ0v) is 15.4. The Morgan fingerprint density at radius 1 is 1.07 bits per heavy atom. The fraction of sp³-hybridized carbons (Fsp3) is 0.130. The van der Waals surface area contributed by atoms with Crippen LogP contribution in [0.1, 0.15) is 24.1 Å². The van der Waals surface area contributed by atoms with E-state index in [2.05, 4.69) is 5.32 Å². The summed E-state index contributed by atoms with van der Waals surface area (Å²) in [7, 11) is 0. The molecule has 0 radical (unpaired) electrons. The highest BCUT2D eigenvalue weighted by Crippen LogP contribution is 2.23. The van der Waals surface area contributed by atoms with Gasteiger partial charge >= 0.3 is 5.97 Å². The second kappa shape index (κ2) is 8.95. The van der Waals surface area contributed by atoms with Crippen LogP contribution in [0.5, 0.6) is 0 Å². The van der Waals surface area contributed by atoms with Crippen LogP contribution in [-0.4, -0.2) is 18.5 Å². The molecule has 0 aromatic heterocycles. The molecule has 0 aliphatic heterocycles. The van der Waals surface area contributed by atoms with Gasteiger partial charge in [0.05, 0.1) is 6.04 Å². The summed E-state index contributed by atoms with van der Waals surface area (Å²) in [5.41, 5.74) is 1.52. The standard InChI is InChI=1S/C23H20FNO3/c1-16(20-11-5-8-18-7-2-3-10-21(18)20)25-22(26)15-28-23(27)13-12-17-6-4-9-19(24)14-17/h2-14,16H,15H2,1H3,(H,25,26)/b13-12+/t16-/m1/s1. The number of benzene rings is 3. The Kier molecular flexibility index (Phi) is 6.17. The van der Waals surface area contributed by atoms with E-state index in [-0.39, 0.29) is 12.6 Å². The summed E-state index contributed by atoms with van der Waals surface area (Å²) in [5.74, 6) is -1.46. The number of nitrogens with one attached hydrogen (secondary N) is 1. The van der Waals surface area contributed by atoms with Crippen LogP contribution < -0.4 is 5.32 Å². The minimum Gasteiger partial charge on any atom is -0.452 e. The molecule has 0 bridgehead atoms. The first-order chi connectivity index (χ1) is 13.5. The van der Waals surface area contributed by atoms with E-state index in [1.807, 2.05) is 49.4 Å². The molecule has 142 valence electrons. The Morgan fingerprint density at radius 2 is 1.82 bits per heavy atom. The zero-order chi connectivity index (χ0) is 19.9. The summed E-state index contributed by atoms with van der Waals surface area (Å²) in [4.78, 5) is 23.9. The molecule has 0 saturated heterocycles. The number of rotatable bonds is 6. The van der Waals surface area contributed by atoms with Gasteiger partial charge in [0.25, 0.3) is 5.91 Å². The maximum Gasteiger partial charge on any atom is 0.331 e. The lowest BCUT2D eigenvalue weighted by atomic mass is 10.00. The summed E-state index contributed by atoms with van der Waals surface area (Å²) < 4.78 is 18.0. The van der Waals surface area contributed by atoms with Crippen molar-refractivity contribution in [3.63, 3.8) is 0 Å². The van der Waals surface area contributed by atoms with Crippen LogP contribution in [0.2, 0.25) is 0 Å². The summed E-state index contributed by atoms with van der Waals surface area (Å²) in [6, 6.07) is 19.4. The highest BCUT2D eigenvalue weighted by molar-refractivity contribution is 5.90. The molecule has 0 aliphatic carbocycles. The molecule has 0 spiro atoms. The van der Waals surface area contributed by atoms with Crippen molar-refractivity contribution in [2.45, 2.75) is 13.0 Å². The van der Waals surface area contributed by atoms with Crippen LogP contribution in [0.25, 0.3) is 16.8 Å². The summed E-state index contributed by atoms with van der Waals surface area (Å²) in [6.07, 6.45) is 2.60. The van der Waals surface area contributed by atoms with Crippen molar-refractivity contribution in [3.05, 3.63) is 89.8 Å². The molecule has 1 N–H and O–H groups in total. The molecule has 5 heteroatoms. The highest BCUT2D eigenvalue weighted by atomic mass is 19.1. The molecule has 1 atom stereocenters. The molecule has 0 saturated carbocycles. The van der Waals surface area contributed by atoms with Crippen LogP contribution in [0, 0.1) is 5.82 Å². The molecule has 0 fully saturated rings. The quantitative estimate of drug-likeness (QED) is 0.511. The van der Waals surface area contributed by atoms with Crippen molar-refractivity contribution in [2.75, 3.05) is 6.61 Å². The van der Waals surface area contributed by atoms with Gasteiger partial charge in [-0.05, 0) is 47.0 Å². The zero-order valence-electron chi connectivity index (χ0n) is 15.4. The molecule has 3 aromatic carbocycles. The molecule has 3 rings (SSSR count). The van der Waals surface area contributed by atoms with Gasteiger partial charge in [-0.3, -0.25) is 4.79 Å². The van der Waals surface area contributed by atoms with E-state index in [9.17, 15) is 14.0 Å². The summed E-state index contributed by atoms with van der Waals surface area (Å²) >= 11 is 0. The van der Waals surface area contributed by atoms with E-state index < -0.39 is 17.7 Å². The van der Waals surface area contributed by atoms with E-state index in [0.717, 1.165) is 22.4 Å². The Hall–Kier alpha value is -3.47. The largest absolute Gasteiger partial charge is 0.452 e. The Balaban J connectivity index is 1.54. The van der Waals surface area contributed by atoms with E-state index >= 15 is 0 Å². The number of carbonyl (C=O) groups excluding carboxylic acids is 2. The van der Waals surface area contributed by atoms with Crippen molar-refractivity contribution < 1.29 is 18.7 Å². The van der Waals surface area contributed by atoms with Gasteiger partial charge in [0.1, 0.15) is 5.82 Å². The molecule has 4 nitrogen and oxygen atoms in total. The fourth-order valence-electron chi connectivity index (χ4n) is 2.95. The number of amides is 1. The smallest absolute Gasteiger partial charge is 0.331 e. The van der Waals surface area contributed by atoms with Gasteiger partial charge in [0.15, 0.2) is 6.61 Å². The van der Waals surface area contributed by atoms with Crippen LogP contribution in [0.15, 0.2) is 72.8 Å². The first-order valence-electron chi connectivity index (χ1n) is 8.90. The van der Waals surface area contributed by atoms with Gasteiger partial charge in [-0.1, -0.05) is 54.6 Å². The first-order valence-corrected chi connectivity index (χ1v) is 8.90. The SMILES string of the molecule is C[C@@H](NC(=O)COC(=O)/C=C/c1cccc(F)c1)c1cccc2ccccc12. The van der Waals surface area contributed by atoms with Crippen LogP contribution in [-0.2, 0) is 14.3 Å². The van der Waals surface area contributed by atoms with Crippen molar-refractivity contribution in [1.29, 1.82) is 0 Å². The molecule has 3 aromatic rings. The number of fused-ring (bicyclic) bond motifs is 1. The lowest BCUT2D eigenvalue weighted by Gasteiger charge is -2.16. The Labute approximate surface area is 162 Å². The van der Waals surface area contributed by atoms with Crippen LogP contribution >= 0.6 is 0 Å². The maximum atomic E-state index is 13.1. The van der Waals surface area contributed by atoms with Crippen molar-refractivity contribution in [2.24, 2.45) is 0 Å². The number of carbonyl (C=O) groups is 2. The summed E-state index contributed by atoms with van der Waals surface area (Å²) in [5, 5.41) is 4.99. The number of hydrogen-bond acceptors (Lipinski definition) is 3. The van der Waals surface area contributed by atoms with E-state index in [4.69, 9.17) is 4.74 Å². The van der Waals surface area contributed by atoms with E-state index in [0.29, 0.717) is 5.56 Å². The van der Waals surface area contributed by atoms with E-state index in [1.54, 1.807) is 12.1 Å². The Bertz CT molecular complexity index is 1020. The molecule has 0 heterocycles. The number of ether oxygens (including phenoxy) is 1. The third-order valence-corrected chi connectivity index (χ3v) is 4.27. The van der Waals surface area contributed by atoms with Crippen molar-refractivity contribution in [3.8, 4) is 0 Å². The van der Waals surface area contributed by atoms with Crippen molar-refractivity contribution >= 4 is 28.7 Å². The second-order valence-electron chi connectivity index (χ2n) is 6.35. The molecular formula is C23H20FNO3. The van der Waals surface area contributed by atoms with Gasteiger partial charge in [-0.15, -0.1) is 0 Å². The second-order valence-corrected chi connectivity index (χ2v) is 6.35. The van der Waals surface area contributed by atoms with Gasteiger partial charge in [0, 0.05) is 6.08 Å². The molecule has 0 aliphatic rings. The Morgan fingerprint density at radius 3 is 2.64 bits per heavy atom. The van der Waals surface area contributed by atoms with Gasteiger partial charge in [-0.2, -0.15) is 0 Å². The van der Waals surface area contributed by atoms with Crippen molar-refractivity contribution in [1.82, 2.24) is 5.32 Å². The number of halogens is 1. The van der Waals surface area contributed by atoms with Gasteiger partial charge in [-0.25, -0.2) is 9.18 Å². The lowest BCUT2D eigenvalue weighted by molar-refractivity contribution is -0.144. The third kappa shape index (κ3) is 5.04. The molecular weight excluding hydrogens is 357 g/mol. The van der Waals surface area contributed by atoms with Crippen LogP contribution in [0.3, 0.4) is 0 Å². The predicted molar refractivity (Wildman–Crippen MR) is 107 cm³/mol. The molecule has 28 heavy (non-hydrogen) atoms. The molecule has 1 amide bonds. The first kappa shape index (κ1) is 19.3. The number of hydrogen-bond donors (Lipinski definition) is 1. The monoisotopic (exact) mass is 377 g/mol. The normalized spacial score (nSPS) is 12.1. The van der Waals surface area contributed by atoms with Gasteiger partial charge in [0.2, 0.25) is 0 Å². The minimum atomic E-state index is -0.669. The third-order valence-electron chi connectivity index (χ3n) is 4.27. The van der Waals surface area contributed by atoms with E-state index in [1.165, 1.54) is 18.2 Å². The average molecular weight is 377 g/mol. The summed E-state index contributed by atoms with van der Waals surface area (Å²) in [6.45, 7) is 1.49. The van der Waals surface area contributed by atoms with Crippen LogP contribution in [0.4, 0.5) is 4.39 Å². The van der Waals surface area contributed by atoms with Gasteiger partial charge < -0.3 is 10.1 Å². The highest BCUT2D eigenvalue weighted by Gasteiger charge is 2.13. The maximum absolute atomic E-state index is 13.1. The fourth-order valence-corrected chi connectivity index (χ4v) is 2.95. The molecule has 0 unspecified atom stereocenters. The topological polar surface area (TPSA) is 55.4 Å². The number of esters is 1. The lowest BCUT2D eigenvalue weighted by Crippen LogP contribution is -2.31. The predicted octanol–water partition coefficient (Wildman–Crippen LogP) is 4.41. The minimum absolute atomic E-state index is 0.236. The average Bonchev–Trinajstić information content (AvgIpc) is 2.70.